The Morgan fingerprint density at radius 3 is 2.59 bits per heavy atom. The Hall–Kier alpha value is -3.18. The smallest absolute Gasteiger partial charge is 0.311 e. The van der Waals surface area contributed by atoms with Gasteiger partial charge in [0.2, 0.25) is 0 Å². The van der Waals surface area contributed by atoms with Crippen LogP contribution in [0, 0.1) is 0 Å². The minimum Gasteiger partial charge on any atom is -0.465 e. The van der Waals surface area contributed by atoms with Gasteiger partial charge < -0.3 is 9.15 Å². The molecule has 0 N–H and O–H groups in total. The Labute approximate surface area is 160 Å². The molecule has 2 aromatic heterocycles. The summed E-state index contributed by atoms with van der Waals surface area (Å²) in [5, 5.41) is 0.889. The third-order valence-electron chi connectivity index (χ3n) is 4.00. The SMILES string of the molecule is O=C(CC/C(=C/c1ccco1)c1nc2ccccc2s1)Oc1ccccc1. The second-order valence-corrected chi connectivity index (χ2v) is 6.99. The number of carbonyl (C=O) groups is 1. The van der Waals surface area contributed by atoms with Crippen molar-refractivity contribution in [1.82, 2.24) is 4.98 Å². The predicted molar refractivity (Wildman–Crippen MR) is 108 cm³/mol. The maximum atomic E-state index is 12.2. The molecule has 0 aliphatic carbocycles. The molecule has 2 heterocycles. The summed E-state index contributed by atoms with van der Waals surface area (Å²) in [7, 11) is 0. The lowest BCUT2D eigenvalue weighted by Crippen LogP contribution is -2.07. The van der Waals surface area contributed by atoms with Crippen molar-refractivity contribution in [2.75, 3.05) is 0 Å². The third-order valence-corrected chi connectivity index (χ3v) is 5.11. The van der Waals surface area contributed by atoms with Gasteiger partial charge in [0, 0.05) is 0 Å². The van der Waals surface area contributed by atoms with Crippen molar-refractivity contribution >= 4 is 39.2 Å². The molecule has 0 aliphatic heterocycles. The van der Waals surface area contributed by atoms with Crippen molar-refractivity contribution in [3.63, 3.8) is 0 Å². The number of benzene rings is 2. The maximum absolute atomic E-state index is 12.2. The average molecular weight is 375 g/mol. The summed E-state index contributed by atoms with van der Waals surface area (Å²) in [6.45, 7) is 0. The number of allylic oxidation sites excluding steroid dienone is 1. The summed E-state index contributed by atoms with van der Waals surface area (Å²) in [4.78, 5) is 16.9. The first-order valence-corrected chi connectivity index (χ1v) is 9.45. The molecular formula is C22H17NO3S. The number of nitrogens with zero attached hydrogens (tertiary/aromatic N) is 1. The fourth-order valence-corrected chi connectivity index (χ4v) is 3.71. The van der Waals surface area contributed by atoms with E-state index in [9.17, 15) is 4.79 Å². The summed E-state index contributed by atoms with van der Waals surface area (Å²) in [6, 6.07) is 20.8. The number of hydrogen-bond acceptors (Lipinski definition) is 5. The van der Waals surface area contributed by atoms with Gasteiger partial charge in [0.1, 0.15) is 16.5 Å². The van der Waals surface area contributed by atoms with Crippen LogP contribution in [0.1, 0.15) is 23.6 Å². The van der Waals surface area contributed by atoms with Crippen LogP contribution in [0.3, 0.4) is 0 Å². The molecule has 0 fully saturated rings. The van der Waals surface area contributed by atoms with Gasteiger partial charge in [-0.05, 0) is 54.5 Å². The molecule has 0 radical (unpaired) electrons. The van der Waals surface area contributed by atoms with Crippen LogP contribution in [-0.2, 0) is 4.79 Å². The van der Waals surface area contributed by atoms with E-state index in [0.717, 1.165) is 26.6 Å². The summed E-state index contributed by atoms with van der Waals surface area (Å²) in [6.07, 6.45) is 4.35. The van der Waals surface area contributed by atoms with Crippen LogP contribution in [0.2, 0.25) is 0 Å². The molecule has 4 nitrogen and oxygen atoms in total. The van der Waals surface area contributed by atoms with Crippen LogP contribution in [0.4, 0.5) is 0 Å². The van der Waals surface area contributed by atoms with Gasteiger partial charge in [0.05, 0.1) is 22.9 Å². The second-order valence-electron chi connectivity index (χ2n) is 5.96. The lowest BCUT2D eigenvalue weighted by molar-refractivity contribution is -0.134. The molecule has 4 aromatic rings. The fourth-order valence-electron chi connectivity index (χ4n) is 2.70. The molecule has 4 rings (SSSR count). The number of aromatic nitrogens is 1. The molecule has 0 saturated carbocycles. The zero-order chi connectivity index (χ0) is 18.5. The molecule has 0 bridgehead atoms. The monoisotopic (exact) mass is 375 g/mol. The summed E-state index contributed by atoms with van der Waals surface area (Å²) in [5.41, 5.74) is 1.91. The molecular weight excluding hydrogens is 358 g/mol. The van der Waals surface area contributed by atoms with Crippen LogP contribution >= 0.6 is 11.3 Å². The maximum Gasteiger partial charge on any atom is 0.311 e. The Bertz CT molecular complexity index is 1030. The standard InChI is InChI=1S/C22H17NO3S/c24-21(26-17-7-2-1-3-8-17)13-12-16(15-18-9-6-14-25-18)22-23-19-10-4-5-11-20(19)27-22/h1-11,14-15H,12-13H2/b16-15-. The van der Waals surface area contributed by atoms with Gasteiger partial charge in [0.15, 0.2) is 0 Å². The molecule has 0 spiro atoms. The van der Waals surface area contributed by atoms with Crippen LogP contribution in [0.15, 0.2) is 77.4 Å². The predicted octanol–water partition coefficient (Wildman–Crippen LogP) is 5.82. The molecule has 27 heavy (non-hydrogen) atoms. The Morgan fingerprint density at radius 2 is 1.81 bits per heavy atom. The number of rotatable bonds is 6. The number of esters is 1. The van der Waals surface area contributed by atoms with E-state index in [2.05, 4.69) is 0 Å². The van der Waals surface area contributed by atoms with Crippen molar-refractivity contribution < 1.29 is 13.9 Å². The molecule has 0 unspecified atom stereocenters. The van der Waals surface area contributed by atoms with Crippen molar-refractivity contribution in [1.29, 1.82) is 0 Å². The highest BCUT2D eigenvalue weighted by molar-refractivity contribution is 7.19. The van der Waals surface area contributed by atoms with Gasteiger partial charge in [-0.25, -0.2) is 4.98 Å². The fraction of sp³-hybridized carbons (Fsp3) is 0.0909. The van der Waals surface area contributed by atoms with E-state index in [4.69, 9.17) is 14.1 Å². The number of ether oxygens (including phenoxy) is 1. The Kier molecular flexibility index (Phi) is 5.12. The van der Waals surface area contributed by atoms with Gasteiger partial charge in [-0.15, -0.1) is 11.3 Å². The molecule has 0 atom stereocenters. The molecule has 2 aromatic carbocycles. The van der Waals surface area contributed by atoms with Crippen LogP contribution in [0.5, 0.6) is 5.75 Å². The topological polar surface area (TPSA) is 52.3 Å². The number of hydrogen-bond donors (Lipinski definition) is 0. The van der Waals surface area contributed by atoms with Crippen molar-refractivity contribution in [3.8, 4) is 5.75 Å². The van der Waals surface area contributed by atoms with Crippen LogP contribution < -0.4 is 4.74 Å². The largest absolute Gasteiger partial charge is 0.465 e. The zero-order valence-corrected chi connectivity index (χ0v) is 15.3. The highest BCUT2D eigenvalue weighted by atomic mass is 32.1. The lowest BCUT2D eigenvalue weighted by atomic mass is 10.1. The number of para-hydroxylation sites is 2. The summed E-state index contributed by atoms with van der Waals surface area (Å²) >= 11 is 1.61. The number of thiazole rings is 1. The zero-order valence-electron chi connectivity index (χ0n) is 14.5. The molecule has 0 amide bonds. The summed E-state index contributed by atoms with van der Waals surface area (Å²) in [5.74, 6) is 1.02. The van der Waals surface area contributed by atoms with Gasteiger partial charge in [0.25, 0.3) is 0 Å². The van der Waals surface area contributed by atoms with Crippen molar-refractivity contribution in [2.24, 2.45) is 0 Å². The van der Waals surface area contributed by atoms with E-state index in [1.165, 1.54) is 0 Å². The third kappa shape index (κ3) is 4.33. The van der Waals surface area contributed by atoms with Gasteiger partial charge in [-0.2, -0.15) is 0 Å². The molecule has 5 heteroatoms. The van der Waals surface area contributed by atoms with Crippen molar-refractivity contribution in [3.05, 3.63) is 83.8 Å². The number of furan rings is 1. The van der Waals surface area contributed by atoms with E-state index in [1.807, 2.05) is 60.7 Å². The minimum atomic E-state index is -0.271. The van der Waals surface area contributed by atoms with Gasteiger partial charge in [-0.1, -0.05) is 30.3 Å². The first kappa shape index (κ1) is 17.2. The lowest BCUT2D eigenvalue weighted by Gasteiger charge is -2.06. The van der Waals surface area contributed by atoms with Crippen molar-refractivity contribution in [2.45, 2.75) is 12.8 Å². The second kappa shape index (κ2) is 8.01. The summed E-state index contributed by atoms with van der Waals surface area (Å²) < 4.78 is 11.9. The van der Waals surface area contributed by atoms with E-state index in [-0.39, 0.29) is 12.4 Å². The molecule has 0 aliphatic rings. The average Bonchev–Trinajstić information content (AvgIpc) is 3.35. The highest BCUT2D eigenvalue weighted by Gasteiger charge is 2.13. The van der Waals surface area contributed by atoms with Crippen LogP contribution in [-0.4, -0.2) is 11.0 Å². The number of carbonyl (C=O) groups excluding carboxylic acids is 1. The Morgan fingerprint density at radius 1 is 1.00 bits per heavy atom. The molecule has 134 valence electrons. The van der Waals surface area contributed by atoms with E-state index < -0.39 is 0 Å². The number of fused-ring (bicyclic) bond motifs is 1. The first-order valence-electron chi connectivity index (χ1n) is 8.64. The Balaban J connectivity index is 1.54. The highest BCUT2D eigenvalue weighted by Crippen LogP contribution is 2.31. The van der Waals surface area contributed by atoms with Gasteiger partial charge in [-0.3, -0.25) is 4.79 Å². The van der Waals surface area contributed by atoms with Crippen LogP contribution in [0.25, 0.3) is 21.9 Å². The molecule has 0 saturated heterocycles. The minimum absolute atomic E-state index is 0.261. The quantitative estimate of drug-likeness (QED) is 0.315. The van der Waals surface area contributed by atoms with E-state index >= 15 is 0 Å². The van der Waals surface area contributed by atoms with E-state index in [1.54, 1.807) is 29.7 Å². The van der Waals surface area contributed by atoms with Gasteiger partial charge >= 0.3 is 5.97 Å². The normalized spacial score (nSPS) is 11.6. The van der Waals surface area contributed by atoms with E-state index in [0.29, 0.717) is 12.2 Å². The first-order chi connectivity index (χ1) is 13.3.